The van der Waals surface area contributed by atoms with Gasteiger partial charge in [-0.1, -0.05) is 36.4 Å². The van der Waals surface area contributed by atoms with Crippen LogP contribution in [0.2, 0.25) is 0 Å². The number of rotatable bonds is 6. The minimum Gasteiger partial charge on any atom is -0.493 e. The summed E-state index contributed by atoms with van der Waals surface area (Å²) in [5, 5.41) is 9.89. The molecule has 2 rings (SSSR count). The summed E-state index contributed by atoms with van der Waals surface area (Å²) < 4.78 is 15.5. The summed E-state index contributed by atoms with van der Waals surface area (Å²) >= 11 is 0. The van der Waals surface area contributed by atoms with Gasteiger partial charge in [0.05, 0.1) is 14.2 Å². The Bertz CT molecular complexity index is 624. The topological polar surface area (TPSA) is 65.0 Å². The van der Waals surface area contributed by atoms with E-state index in [-0.39, 0.29) is 0 Å². The molecule has 0 saturated carbocycles. The molecule has 0 aliphatic carbocycles. The molecule has 0 heterocycles. The Labute approximate surface area is 129 Å². The molecule has 0 radical (unpaired) electrons. The molecule has 116 valence electrons. The van der Waals surface area contributed by atoms with Crippen LogP contribution in [0.4, 0.5) is 0 Å². The van der Waals surface area contributed by atoms with E-state index < -0.39 is 12.1 Å². The zero-order valence-electron chi connectivity index (χ0n) is 12.5. The summed E-state index contributed by atoms with van der Waals surface area (Å²) in [6, 6.07) is 14.5. The van der Waals surface area contributed by atoms with E-state index in [0.29, 0.717) is 23.7 Å². The fourth-order valence-electron chi connectivity index (χ4n) is 1.96. The van der Waals surface area contributed by atoms with Crippen LogP contribution < -0.4 is 9.47 Å². The first-order valence-electron chi connectivity index (χ1n) is 6.76. The molecule has 0 aliphatic rings. The van der Waals surface area contributed by atoms with E-state index in [1.165, 1.54) is 14.2 Å². The van der Waals surface area contributed by atoms with E-state index >= 15 is 0 Å². The highest BCUT2D eigenvalue weighted by atomic mass is 16.5. The average Bonchev–Trinajstić information content (AvgIpc) is 2.59. The lowest BCUT2D eigenvalue weighted by molar-refractivity contribution is -0.150. The molecule has 0 spiro atoms. The van der Waals surface area contributed by atoms with E-state index in [2.05, 4.69) is 4.74 Å². The van der Waals surface area contributed by atoms with Crippen molar-refractivity contribution in [1.82, 2.24) is 0 Å². The molecule has 0 amide bonds. The van der Waals surface area contributed by atoms with Gasteiger partial charge in [-0.2, -0.15) is 0 Å². The first-order valence-corrected chi connectivity index (χ1v) is 6.76. The van der Waals surface area contributed by atoms with Crippen LogP contribution in [0.5, 0.6) is 11.5 Å². The van der Waals surface area contributed by atoms with Crippen LogP contribution in [0.25, 0.3) is 0 Å². The maximum Gasteiger partial charge on any atom is 0.339 e. The number of carbonyl (C=O) groups is 1. The number of aliphatic hydroxyl groups excluding tert-OH is 1. The van der Waals surface area contributed by atoms with Gasteiger partial charge < -0.3 is 19.3 Å². The molecule has 1 atom stereocenters. The van der Waals surface area contributed by atoms with Crippen molar-refractivity contribution >= 4 is 5.97 Å². The van der Waals surface area contributed by atoms with Gasteiger partial charge in [-0.25, -0.2) is 4.79 Å². The molecule has 0 saturated heterocycles. The Balaban J connectivity index is 2.19. The predicted molar refractivity (Wildman–Crippen MR) is 80.7 cm³/mol. The summed E-state index contributed by atoms with van der Waals surface area (Å²) in [4.78, 5) is 11.4. The van der Waals surface area contributed by atoms with E-state index in [1.54, 1.807) is 18.2 Å². The van der Waals surface area contributed by atoms with Gasteiger partial charge in [0.25, 0.3) is 0 Å². The fourth-order valence-corrected chi connectivity index (χ4v) is 1.96. The second-order valence-corrected chi connectivity index (χ2v) is 4.61. The number of aliphatic hydroxyl groups is 1. The lowest BCUT2D eigenvalue weighted by atomic mass is 10.1. The monoisotopic (exact) mass is 302 g/mol. The Morgan fingerprint density at radius 3 is 2.45 bits per heavy atom. The van der Waals surface area contributed by atoms with Gasteiger partial charge in [0.15, 0.2) is 17.6 Å². The lowest BCUT2D eigenvalue weighted by Crippen LogP contribution is -2.13. The first kappa shape index (κ1) is 15.9. The van der Waals surface area contributed by atoms with Crippen molar-refractivity contribution in [3.8, 4) is 11.5 Å². The molecule has 2 aromatic rings. The SMILES string of the molecule is COC(=O)C(O)c1ccc(OC)c(OCc2ccccc2)c1. The largest absolute Gasteiger partial charge is 0.493 e. The zero-order valence-corrected chi connectivity index (χ0v) is 12.5. The fraction of sp³-hybridized carbons (Fsp3) is 0.235. The van der Waals surface area contributed by atoms with Gasteiger partial charge in [-0.15, -0.1) is 0 Å². The first-order chi connectivity index (χ1) is 10.7. The molecule has 0 aromatic heterocycles. The molecule has 5 heteroatoms. The van der Waals surface area contributed by atoms with Crippen LogP contribution in [0.1, 0.15) is 17.2 Å². The van der Waals surface area contributed by atoms with Crippen LogP contribution in [0.3, 0.4) is 0 Å². The number of benzene rings is 2. The summed E-state index contributed by atoms with van der Waals surface area (Å²) in [6.07, 6.45) is -1.35. The summed E-state index contributed by atoms with van der Waals surface area (Å²) in [5.41, 5.74) is 1.39. The van der Waals surface area contributed by atoms with E-state index in [1.807, 2.05) is 30.3 Å². The third kappa shape index (κ3) is 3.77. The highest BCUT2D eigenvalue weighted by Crippen LogP contribution is 2.31. The Morgan fingerprint density at radius 1 is 1.09 bits per heavy atom. The van der Waals surface area contributed by atoms with Crippen molar-refractivity contribution in [2.75, 3.05) is 14.2 Å². The predicted octanol–water partition coefficient (Wildman–Crippen LogP) is 2.48. The molecule has 22 heavy (non-hydrogen) atoms. The van der Waals surface area contributed by atoms with Crippen molar-refractivity contribution in [2.24, 2.45) is 0 Å². The van der Waals surface area contributed by atoms with Crippen LogP contribution >= 0.6 is 0 Å². The molecule has 0 fully saturated rings. The summed E-state index contributed by atoms with van der Waals surface area (Å²) in [7, 11) is 2.75. The molecule has 0 aliphatic heterocycles. The maximum atomic E-state index is 11.4. The van der Waals surface area contributed by atoms with Gasteiger partial charge in [-0.3, -0.25) is 0 Å². The van der Waals surface area contributed by atoms with Crippen molar-refractivity contribution < 1.29 is 24.1 Å². The Morgan fingerprint density at radius 2 is 1.82 bits per heavy atom. The third-order valence-electron chi connectivity index (χ3n) is 3.17. The van der Waals surface area contributed by atoms with Crippen molar-refractivity contribution in [3.63, 3.8) is 0 Å². The summed E-state index contributed by atoms with van der Waals surface area (Å²) in [5.74, 6) is 0.253. The van der Waals surface area contributed by atoms with Crippen molar-refractivity contribution in [2.45, 2.75) is 12.7 Å². The van der Waals surface area contributed by atoms with E-state index in [9.17, 15) is 9.90 Å². The van der Waals surface area contributed by atoms with Gasteiger partial charge in [0.1, 0.15) is 6.61 Å². The maximum absolute atomic E-state index is 11.4. The second kappa shape index (κ2) is 7.47. The zero-order chi connectivity index (χ0) is 15.9. The Hall–Kier alpha value is -2.53. The van der Waals surface area contributed by atoms with Crippen LogP contribution in [0.15, 0.2) is 48.5 Å². The second-order valence-electron chi connectivity index (χ2n) is 4.61. The normalized spacial score (nSPS) is 11.6. The highest BCUT2D eigenvalue weighted by molar-refractivity contribution is 5.76. The van der Waals surface area contributed by atoms with Crippen molar-refractivity contribution in [1.29, 1.82) is 0 Å². The molecule has 0 bridgehead atoms. The van der Waals surface area contributed by atoms with E-state index in [0.717, 1.165) is 5.56 Å². The van der Waals surface area contributed by atoms with E-state index in [4.69, 9.17) is 9.47 Å². The number of methoxy groups -OCH3 is 2. The number of carbonyl (C=O) groups excluding carboxylic acids is 1. The van der Waals surface area contributed by atoms with Crippen molar-refractivity contribution in [3.05, 3.63) is 59.7 Å². The Kier molecular flexibility index (Phi) is 5.38. The molecular weight excluding hydrogens is 284 g/mol. The van der Waals surface area contributed by atoms with Crippen LogP contribution in [-0.4, -0.2) is 25.3 Å². The van der Waals surface area contributed by atoms with Crippen LogP contribution in [-0.2, 0) is 16.1 Å². The lowest BCUT2D eigenvalue weighted by Gasteiger charge is -2.14. The van der Waals surface area contributed by atoms with Crippen LogP contribution in [0, 0.1) is 0 Å². The molecule has 1 unspecified atom stereocenters. The number of ether oxygens (including phenoxy) is 3. The molecule has 1 N–H and O–H groups in total. The number of hydrogen-bond acceptors (Lipinski definition) is 5. The summed E-state index contributed by atoms with van der Waals surface area (Å²) in [6.45, 7) is 0.356. The highest BCUT2D eigenvalue weighted by Gasteiger charge is 2.19. The molecular formula is C17H18O5. The average molecular weight is 302 g/mol. The smallest absolute Gasteiger partial charge is 0.339 e. The third-order valence-corrected chi connectivity index (χ3v) is 3.17. The van der Waals surface area contributed by atoms with Gasteiger partial charge in [0, 0.05) is 0 Å². The molecule has 5 nitrogen and oxygen atoms in total. The minimum absolute atomic E-state index is 0.356. The van der Waals surface area contributed by atoms with Gasteiger partial charge in [0.2, 0.25) is 0 Å². The van der Waals surface area contributed by atoms with Gasteiger partial charge in [-0.05, 0) is 23.3 Å². The standard InChI is InChI=1S/C17H18O5/c1-20-14-9-8-13(16(18)17(19)21-2)10-15(14)22-11-12-6-4-3-5-7-12/h3-10,16,18H,11H2,1-2H3. The molecule has 2 aromatic carbocycles. The van der Waals surface area contributed by atoms with Gasteiger partial charge >= 0.3 is 5.97 Å². The quantitative estimate of drug-likeness (QED) is 0.830. The minimum atomic E-state index is -1.35. The number of hydrogen-bond donors (Lipinski definition) is 1. The number of esters is 1.